The zero-order chi connectivity index (χ0) is 16.1. The maximum Gasteiger partial charge on any atom is 0.274 e. The number of hydrogen-bond donors (Lipinski definition) is 2. The number of nitrogens with one attached hydrogen (secondary N) is 2. The number of aryl methyl sites for hydroxylation is 1. The van der Waals surface area contributed by atoms with Gasteiger partial charge in [-0.15, -0.1) is 0 Å². The van der Waals surface area contributed by atoms with E-state index in [1.54, 1.807) is 12.3 Å². The summed E-state index contributed by atoms with van der Waals surface area (Å²) >= 11 is 0. The first-order valence-corrected chi connectivity index (χ1v) is 7.22. The molecule has 0 saturated heterocycles. The minimum absolute atomic E-state index is 0.273. The van der Waals surface area contributed by atoms with Crippen LogP contribution in [0.3, 0.4) is 0 Å². The van der Waals surface area contributed by atoms with Gasteiger partial charge >= 0.3 is 0 Å². The topological polar surface area (TPSA) is 66.9 Å². The third-order valence-corrected chi connectivity index (χ3v) is 3.32. The fraction of sp³-hybridized carbons (Fsp3) is 0.0556. The minimum Gasteiger partial charge on any atom is -0.354 e. The van der Waals surface area contributed by atoms with E-state index in [1.165, 1.54) is 11.9 Å². The summed E-state index contributed by atoms with van der Waals surface area (Å²) in [4.78, 5) is 20.0. The van der Waals surface area contributed by atoms with Crippen molar-refractivity contribution in [3.63, 3.8) is 0 Å². The molecule has 0 fully saturated rings. The number of amides is 1. The van der Waals surface area contributed by atoms with Crippen LogP contribution in [0.4, 0.5) is 17.1 Å². The van der Waals surface area contributed by atoms with Crippen molar-refractivity contribution < 1.29 is 4.79 Å². The van der Waals surface area contributed by atoms with Crippen molar-refractivity contribution in [2.24, 2.45) is 0 Å². The normalized spacial score (nSPS) is 10.1. The highest BCUT2D eigenvalue weighted by molar-refractivity contribution is 6.04. The Balaban J connectivity index is 1.80. The number of hydrogen-bond acceptors (Lipinski definition) is 4. The molecule has 0 radical (unpaired) electrons. The van der Waals surface area contributed by atoms with Gasteiger partial charge in [0.2, 0.25) is 0 Å². The van der Waals surface area contributed by atoms with Crippen LogP contribution in [0.2, 0.25) is 0 Å². The van der Waals surface area contributed by atoms with E-state index >= 15 is 0 Å². The first-order chi connectivity index (χ1) is 11.2. The van der Waals surface area contributed by atoms with E-state index in [4.69, 9.17) is 0 Å². The summed E-state index contributed by atoms with van der Waals surface area (Å²) in [6.45, 7) is 2.04. The first kappa shape index (κ1) is 14.7. The van der Waals surface area contributed by atoms with Crippen LogP contribution in [0, 0.1) is 6.92 Å². The molecule has 114 valence electrons. The number of para-hydroxylation sites is 2. The van der Waals surface area contributed by atoms with E-state index in [1.807, 2.05) is 55.5 Å². The predicted molar refractivity (Wildman–Crippen MR) is 90.9 cm³/mol. The Hall–Kier alpha value is -3.21. The lowest BCUT2D eigenvalue weighted by Crippen LogP contribution is -2.14. The van der Waals surface area contributed by atoms with Crippen LogP contribution < -0.4 is 10.6 Å². The maximum atomic E-state index is 12.2. The number of anilines is 3. The fourth-order valence-electron chi connectivity index (χ4n) is 2.10. The average Bonchev–Trinajstić information content (AvgIpc) is 2.59. The van der Waals surface area contributed by atoms with Crippen molar-refractivity contribution in [3.8, 4) is 0 Å². The molecule has 2 N–H and O–H groups in total. The zero-order valence-electron chi connectivity index (χ0n) is 12.7. The SMILES string of the molecule is Cc1ccc(Nc2ccccc2NC(=O)c2ccncn2)cc1. The lowest BCUT2D eigenvalue weighted by Gasteiger charge is -2.13. The van der Waals surface area contributed by atoms with Gasteiger partial charge in [-0.1, -0.05) is 29.8 Å². The second kappa shape index (κ2) is 6.70. The first-order valence-electron chi connectivity index (χ1n) is 7.22. The Labute approximate surface area is 134 Å². The van der Waals surface area contributed by atoms with Crippen LogP contribution in [0.25, 0.3) is 0 Å². The van der Waals surface area contributed by atoms with Crippen LogP contribution in [-0.2, 0) is 0 Å². The summed E-state index contributed by atoms with van der Waals surface area (Å²) in [5, 5.41) is 6.18. The average molecular weight is 304 g/mol. The molecular formula is C18H16N4O. The molecule has 3 rings (SSSR count). The Morgan fingerprint density at radius 2 is 1.70 bits per heavy atom. The highest BCUT2D eigenvalue weighted by atomic mass is 16.1. The third-order valence-electron chi connectivity index (χ3n) is 3.32. The lowest BCUT2D eigenvalue weighted by molar-refractivity contribution is 0.102. The van der Waals surface area contributed by atoms with E-state index in [2.05, 4.69) is 20.6 Å². The smallest absolute Gasteiger partial charge is 0.274 e. The number of rotatable bonds is 4. The molecule has 0 aliphatic rings. The molecule has 0 aliphatic carbocycles. The van der Waals surface area contributed by atoms with Gasteiger partial charge in [0.1, 0.15) is 12.0 Å². The number of aromatic nitrogens is 2. The van der Waals surface area contributed by atoms with E-state index in [0.717, 1.165) is 11.4 Å². The highest BCUT2D eigenvalue weighted by Crippen LogP contribution is 2.25. The van der Waals surface area contributed by atoms with E-state index in [-0.39, 0.29) is 5.91 Å². The van der Waals surface area contributed by atoms with Gasteiger partial charge in [-0.2, -0.15) is 0 Å². The number of benzene rings is 2. The minimum atomic E-state index is -0.273. The highest BCUT2D eigenvalue weighted by Gasteiger charge is 2.10. The predicted octanol–water partition coefficient (Wildman–Crippen LogP) is 3.78. The summed E-state index contributed by atoms with van der Waals surface area (Å²) in [5.41, 5.74) is 3.99. The second-order valence-electron chi connectivity index (χ2n) is 5.09. The summed E-state index contributed by atoms with van der Waals surface area (Å²) < 4.78 is 0. The molecule has 5 heteroatoms. The molecule has 0 atom stereocenters. The van der Waals surface area contributed by atoms with Crippen LogP contribution >= 0.6 is 0 Å². The summed E-state index contributed by atoms with van der Waals surface area (Å²) in [7, 11) is 0. The molecule has 2 aromatic carbocycles. The standard InChI is InChI=1S/C18H16N4O/c1-13-6-8-14(9-7-13)21-15-4-2-3-5-16(15)22-18(23)17-10-11-19-12-20-17/h2-12,21H,1H3,(H,22,23). The Morgan fingerprint density at radius 1 is 0.957 bits per heavy atom. The molecular weight excluding hydrogens is 288 g/mol. The van der Waals surface area contributed by atoms with Gasteiger partial charge in [0, 0.05) is 11.9 Å². The summed E-state index contributed by atoms with van der Waals surface area (Å²) in [5.74, 6) is -0.273. The van der Waals surface area contributed by atoms with Crippen molar-refractivity contribution in [3.05, 3.63) is 78.4 Å². The zero-order valence-corrected chi connectivity index (χ0v) is 12.7. The van der Waals surface area contributed by atoms with Crippen molar-refractivity contribution in [1.82, 2.24) is 9.97 Å². The van der Waals surface area contributed by atoms with Crippen LogP contribution in [-0.4, -0.2) is 15.9 Å². The van der Waals surface area contributed by atoms with Gasteiger partial charge < -0.3 is 10.6 Å². The summed E-state index contributed by atoms with van der Waals surface area (Å²) in [6.07, 6.45) is 2.89. The van der Waals surface area contributed by atoms with Gasteiger partial charge in [-0.05, 0) is 37.3 Å². The molecule has 3 aromatic rings. The Bertz CT molecular complexity index is 801. The van der Waals surface area contributed by atoms with Gasteiger partial charge in [0.05, 0.1) is 11.4 Å². The molecule has 0 unspecified atom stereocenters. The van der Waals surface area contributed by atoms with Gasteiger partial charge in [-0.25, -0.2) is 9.97 Å². The molecule has 0 bridgehead atoms. The fourth-order valence-corrected chi connectivity index (χ4v) is 2.10. The molecule has 5 nitrogen and oxygen atoms in total. The second-order valence-corrected chi connectivity index (χ2v) is 5.09. The third kappa shape index (κ3) is 3.71. The van der Waals surface area contributed by atoms with Crippen LogP contribution in [0.1, 0.15) is 16.1 Å². The van der Waals surface area contributed by atoms with Crippen molar-refractivity contribution in [2.75, 3.05) is 10.6 Å². The van der Waals surface area contributed by atoms with Crippen LogP contribution in [0.5, 0.6) is 0 Å². The molecule has 0 saturated carbocycles. The summed E-state index contributed by atoms with van der Waals surface area (Å²) in [6, 6.07) is 17.2. The molecule has 1 heterocycles. The largest absolute Gasteiger partial charge is 0.354 e. The quantitative estimate of drug-likeness (QED) is 0.769. The van der Waals surface area contributed by atoms with Gasteiger partial charge in [-0.3, -0.25) is 4.79 Å². The number of carbonyl (C=O) groups is 1. The van der Waals surface area contributed by atoms with E-state index in [0.29, 0.717) is 11.4 Å². The van der Waals surface area contributed by atoms with Crippen molar-refractivity contribution in [2.45, 2.75) is 6.92 Å². The van der Waals surface area contributed by atoms with Gasteiger partial charge in [0.15, 0.2) is 0 Å². The van der Waals surface area contributed by atoms with Crippen molar-refractivity contribution >= 4 is 23.0 Å². The molecule has 0 spiro atoms. The Morgan fingerprint density at radius 3 is 2.39 bits per heavy atom. The van der Waals surface area contributed by atoms with Crippen LogP contribution in [0.15, 0.2) is 67.1 Å². The van der Waals surface area contributed by atoms with Gasteiger partial charge in [0.25, 0.3) is 5.91 Å². The monoisotopic (exact) mass is 304 g/mol. The Kier molecular flexibility index (Phi) is 4.29. The molecule has 1 amide bonds. The lowest BCUT2D eigenvalue weighted by atomic mass is 10.2. The van der Waals surface area contributed by atoms with E-state index in [9.17, 15) is 4.79 Å². The molecule has 23 heavy (non-hydrogen) atoms. The number of nitrogens with zero attached hydrogens (tertiary/aromatic N) is 2. The number of carbonyl (C=O) groups excluding carboxylic acids is 1. The molecule has 1 aromatic heterocycles. The molecule has 0 aliphatic heterocycles. The van der Waals surface area contributed by atoms with Crippen molar-refractivity contribution in [1.29, 1.82) is 0 Å². The maximum absolute atomic E-state index is 12.2. The van der Waals surface area contributed by atoms with E-state index < -0.39 is 0 Å².